The third-order valence-corrected chi connectivity index (χ3v) is 19.1. The highest BCUT2D eigenvalue weighted by Gasteiger charge is 2.36. The molecule has 3 aliphatic rings. The first-order chi connectivity index (χ1) is 48.5. The molecule has 3 atom stereocenters. The number of ether oxygens (including phenoxy) is 3. The Hall–Kier alpha value is -10.4. The number of carbonyl (C=O) groups excluding carboxylic acids is 7. The molecule has 1 fully saturated rings. The van der Waals surface area contributed by atoms with E-state index in [0.29, 0.717) is 121 Å². The number of aromatic nitrogens is 3. The van der Waals surface area contributed by atoms with Crippen molar-refractivity contribution in [2.45, 2.75) is 111 Å². The van der Waals surface area contributed by atoms with Crippen LogP contribution in [0.1, 0.15) is 106 Å². The van der Waals surface area contributed by atoms with Crippen molar-refractivity contribution in [1.82, 2.24) is 45.4 Å². The van der Waals surface area contributed by atoms with E-state index in [9.17, 15) is 42.7 Å². The van der Waals surface area contributed by atoms with Gasteiger partial charge in [-0.2, -0.15) is 13.9 Å². The fourth-order valence-corrected chi connectivity index (χ4v) is 13.4. The van der Waals surface area contributed by atoms with Gasteiger partial charge in [0, 0.05) is 85.3 Å². The van der Waals surface area contributed by atoms with Crippen LogP contribution in [-0.2, 0) is 76.3 Å². The number of hydrogen-bond acceptors (Lipinski definition) is 13. The van der Waals surface area contributed by atoms with Crippen molar-refractivity contribution in [3.8, 4) is 22.8 Å². The van der Waals surface area contributed by atoms with Crippen molar-refractivity contribution >= 4 is 58.7 Å². The van der Waals surface area contributed by atoms with Gasteiger partial charge in [-0.25, -0.2) is 14.3 Å². The van der Waals surface area contributed by atoms with E-state index < -0.39 is 48.5 Å². The average molecular weight is 1390 g/mol. The van der Waals surface area contributed by atoms with E-state index in [4.69, 9.17) is 19.9 Å². The Kier molecular flexibility index (Phi) is 24.1. The van der Waals surface area contributed by atoms with E-state index in [0.717, 1.165) is 52.7 Å². The Bertz CT molecular complexity index is 4150. The fraction of sp³-hybridized carbons (Fsp3) is 0.387. The van der Waals surface area contributed by atoms with Gasteiger partial charge in [-0.3, -0.25) is 28.9 Å². The number of nitrogens with two attached hydrogens (primary N) is 1. The van der Waals surface area contributed by atoms with Gasteiger partial charge in [0.2, 0.25) is 17.7 Å². The summed E-state index contributed by atoms with van der Waals surface area (Å²) in [6.07, 6.45) is 4.61. The smallest absolute Gasteiger partial charge is 0.408 e. The van der Waals surface area contributed by atoms with Crippen LogP contribution in [0.4, 0.5) is 35.4 Å². The Morgan fingerprint density at radius 1 is 0.871 bits per heavy atom. The summed E-state index contributed by atoms with van der Waals surface area (Å²) in [6, 6.07) is 29.9. The molecule has 2 aromatic heterocycles. The minimum absolute atomic E-state index is 0.0482. The van der Waals surface area contributed by atoms with Gasteiger partial charge < -0.3 is 70.5 Å². The highest BCUT2D eigenvalue weighted by atomic mass is 19.3. The number of amides is 8. The normalized spacial score (nSPS) is 15.4. The zero-order chi connectivity index (χ0) is 72.1. The van der Waals surface area contributed by atoms with Gasteiger partial charge in [-0.15, -0.1) is 0 Å². The zero-order valence-electron chi connectivity index (χ0n) is 57.9. The number of rotatable bonds is 28. The van der Waals surface area contributed by atoms with Crippen LogP contribution >= 0.6 is 0 Å². The molecule has 534 valence electrons. The minimum Gasteiger partial charge on any atom is -0.508 e. The number of carbonyl (C=O) groups is 7. The third-order valence-electron chi connectivity index (χ3n) is 19.1. The molecule has 5 heterocycles. The summed E-state index contributed by atoms with van der Waals surface area (Å²) in [5.74, 6) is -1.66. The van der Waals surface area contributed by atoms with E-state index >= 15 is 4.79 Å². The molecular formula is C75H90F2N13O11+. The van der Waals surface area contributed by atoms with Crippen LogP contribution in [0.2, 0.25) is 0 Å². The predicted molar refractivity (Wildman–Crippen MR) is 377 cm³/mol. The molecule has 0 aliphatic carbocycles. The summed E-state index contributed by atoms with van der Waals surface area (Å²) in [6.45, 7) is 13.9. The Morgan fingerprint density at radius 2 is 1.61 bits per heavy atom. The van der Waals surface area contributed by atoms with E-state index in [1.165, 1.54) is 47.0 Å². The Labute approximate surface area is 586 Å². The van der Waals surface area contributed by atoms with Crippen LogP contribution in [0.5, 0.6) is 11.5 Å². The van der Waals surface area contributed by atoms with Gasteiger partial charge >= 0.3 is 18.7 Å². The van der Waals surface area contributed by atoms with Gasteiger partial charge in [-0.1, -0.05) is 69.0 Å². The second-order valence-electron chi connectivity index (χ2n) is 26.4. The van der Waals surface area contributed by atoms with Gasteiger partial charge in [0.25, 0.3) is 11.8 Å². The van der Waals surface area contributed by atoms with Crippen molar-refractivity contribution in [2.24, 2.45) is 18.7 Å². The third kappa shape index (κ3) is 18.0. The molecule has 7 aromatic rings. The number of benzene rings is 5. The second-order valence-corrected chi connectivity index (χ2v) is 26.4. The molecule has 10 rings (SSSR count). The van der Waals surface area contributed by atoms with E-state index in [1.807, 2.05) is 108 Å². The number of anilines is 3. The number of hydrogen-bond donors (Lipinski definition) is 7. The molecule has 8 amide bonds. The predicted octanol–water partition coefficient (Wildman–Crippen LogP) is 8.94. The molecule has 0 radical (unpaired) electrons. The number of quaternary nitrogens is 1. The number of phenolic OH excluding ortho intramolecular Hbond substituents is 1. The highest BCUT2D eigenvalue weighted by Crippen LogP contribution is 2.38. The number of primary amides is 1. The molecule has 24 nitrogen and oxygen atoms in total. The molecule has 3 aliphatic heterocycles. The van der Waals surface area contributed by atoms with Gasteiger partial charge in [0.1, 0.15) is 63.0 Å². The average Bonchev–Trinajstić information content (AvgIpc) is 1.69. The summed E-state index contributed by atoms with van der Waals surface area (Å²) >= 11 is 0. The van der Waals surface area contributed by atoms with Crippen LogP contribution in [0.3, 0.4) is 0 Å². The number of morpholine rings is 1. The monoisotopic (exact) mass is 1390 g/mol. The van der Waals surface area contributed by atoms with Crippen LogP contribution in [-0.4, -0.2) is 160 Å². The number of aromatic hydroxyl groups is 1. The van der Waals surface area contributed by atoms with Crippen LogP contribution in [0.15, 0.2) is 134 Å². The Morgan fingerprint density at radius 3 is 2.31 bits per heavy atom. The lowest BCUT2D eigenvalue weighted by Crippen LogP contribution is -2.56. The highest BCUT2D eigenvalue weighted by molar-refractivity contribution is 6.12. The maximum absolute atomic E-state index is 15.3. The maximum Gasteiger partial charge on any atom is 0.408 e. The van der Waals surface area contributed by atoms with Gasteiger partial charge in [0.15, 0.2) is 0 Å². The number of urea groups is 1. The quantitative estimate of drug-likeness (QED) is 0.0137. The van der Waals surface area contributed by atoms with Gasteiger partial charge in [0.05, 0.1) is 43.3 Å². The molecule has 0 bridgehead atoms. The number of alkyl carbamates (subject to hydrolysis) is 1. The molecule has 5 aromatic carbocycles. The lowest BCUT2D eigenvalue weighted by Gasteiger charge is -2.41. The first kappa shape index (κ1) is 73.3. The number of alkyl halides is 2. The van der Waals surface area contributed by atoms with Crippen molar-refractivity contribution in [3.63, 3.8) is 0 Å². The lowest BCUT2D eigenvalue weighted by molar-refractivity contribution is -0.947. The summed E-state index contributed by atoms with van der Waals surface area (Å²) in [5.41, 5.74) is 15.4. The summed E-state index contributed by atoms with van der Waals surface area (Å²) in [4.78, 5) is 101. The van der Waals surface area contributed by atoms with Crippen molar-refractivity contribution in [1.29, 1.82) is 0 Å². The zero-order valence-corrected chi connectivity index (χ0v) is 57.9. The van der Waals surface area contributed by atoms with Crippen LogP contribution in [0.25, 0.3) is 11.3 Å². The van der Waals surface area contributed by atoms with Crippen molar-refractivity contribution in [2.75, 3.05) is 76.4 Å². The number of phenols is 1. The standard InChI is InChI=1S/C75H89F2N13O11/c1-8-31-101-75(98)84-68(47(2)3)70(94)83-65(14-11-26-80-74(78)97)69(93)82-57-18-17-54(55(37-57)41-79-6)46-90(28-32-99-33-29-90)30-34-100-61-23-15-50(16-24-61)36-67(92)86-27-25-52-38-63(64(39-56(52)43-86)71(95)87-44-53-13-10-9-12-51(53)35-48(87)4)66-40-62(49(5)85(66)7)72(96)89(58-19-21-60(91)22-20-58)59-42-81-88(45-59)73(76)77/h8-10,12-13,15-24,37-40,42,45,47-48,65,68,73,79H,1,11,14,25-36,41,43-44,46H2,2-7H3,(H6-,78,80,82,83,84,91,93,94,97,98)/p+1/t48-,65+,68+/m1/s1. The number of halogens is 2. The molecule has 0 unspecified atom stereocenters. The number of fused-ring (bicyclic) bond motifs is 2. The molecule has 1 saturated heterocycles. The van der Waals surface area contributed by atoms with Crippen LogP contribution in [0, 0.1) is 12.8 Å². The molecule has 0 saturated carbocycles. The van der Waals surface area contributed by atoms with Crippen molar-refractivity contribution in [3.05, 3.63) is 190 Å². The molecule has 101 heavy (non-hydrogen) atoms. The first-order valence-corrected chi connectivity index (χ1v) is 34.1. The summed E-state index contributed by atoms with van der Waals surface area (Å²) in [5, 5.41) is 28.1. The molecule has 8 N–H and O–H groups in total. The second kappa shape index (κ2) is 33.2. The summed E-state index contributed by atoms with van der Waals surface area (Å²) in [7, 11) is 3.66. The molecule has 26 heteroatoms. The molecular weight excluding hydrogens is 1300 g/mol. The fourth-order valence-electron chi connectivity index (χ4n) is 13.4. The topological polar surface area (TPSA) is 286 Å². The SMILES string of the molecule is C=CCOC(=O)N[C@H](C(=O)N[C@@H](CCCNC(N)=O)C(=O)Nc1ccc(C[N+]2(CCOc3ccc(CC(=O)N4CCc5cc(-c6cc(C(=O)N(c7ccc(O)cc7)c7cnn(C(F)F)c7)c(C)n6C)c(C(=O)N6Cc7ccccc7C[C@H]6C)cc5C4)cc3)CCOCC2)c(CNC)c1)C(C)C. The minimum atomic E-state index is -2.95. The number of nitrogens with zero attached hydrogens (tertiary/aromatic N) is 7. The molecule has 0 spiro atoms. The maximum atomic E-state index is 15.3. The number of nitrogens with one attached hydrogen (secondary N) is 5. The van der Waals surface area contributed by atoms with E-state index in [1.54, 1.807) is 26.8 Å². The van der Waals surface area contributed by atoms with Crippen molar-refractivity contribution < 1.29 is 66.1 Å². The largest absolute Gasteiger partial charge is 0.508 e. The lowest BCUT2D eigenvalue weighted by atomic mass is 9.89. The van der Waals surface area contributed by atoms with Crippen LogP contribution < -0.4 is 42.0 Å². The Balaban J connectivity index is 0.812. The summed E-state index contributed by atoms with van der Waals surface area (Å²) < 4.78 is 48.1. The first-order valence-electron chi connectivity index (χ1n) is 34.1. The van der Waals surface area contributed by atoms with E-state index in [-0.39, 0.29) is 73.3 Å². The van der Waals surface area contributed by atoms with E-state index in [2.05, 4.69) is 44.3 Å². The van der Waals surface area contributed by atoms with Gasteiger partial charge in [-0.05, 0) is 153 Å².